The summed E-state index contributed by atoms with van der Waals surface area (Å²) < 4.78 is 50.8. The summed E-state index contributed by atoms with van der Waals surface area (Å²) in [6.07, 6.45) is -11.8. The Morgan fingerprint density at radius 3 is 2.15 bits per heavy atom. The topological polar surface area (TPSA) is 226 Å². The third kappa shape index (κ3) is 5.74. The maximum absolute atomic E-state index is 13.9. The number of carbonyl (C=O) groups is 6. The van der Waals surface area contributed by atoms with Crippen LogP contribution in [0.2, 0.25) is 0 Å². The monoisotopic (exact) mass is 652 g/mol. The summed E-state index contributed by atoms with van der Waals surface area (Å²) >= 11 is 0. The maximum atomic E-state index is 13.9. The molecule has 0 bridgehead atoms. The molecule has 0 aromatic heterocycles. The molecular weight excluding hydrogens is 620 g/mol. The Bertz CT molecular complexity index is 1410. The normalized spacial score (nSPS) is 36.4. The van der Waals surface area contributed by atoms with Crippen molar-refractivity contribution in [1.29, 1.82) is 0 Å². The van der Waals surface area contributed by atoms with Crippen LogP contribution < -0.4 is 0 Å². The largest absolute Gasteiger partial charge is 0.508 e. The summed E-state index contributed by atoms with van der Waals surface area (Å²) in [5.41, 5.74) is -2.10. The molecule has 0 amide bonds. The summed E-state index contributed by atoms with van der Waals surface area (Å²) in [5.74, 6) is -9.03. The van der Waals surface area contributed by atoms with Crippen LogP contribution in [-0.4, -0.2) is 114 Å². The van der Waals surface area contributed by atoms with Gasteiger partial charge in [0.1, 0.15) is 24.6 Å². The number of aliphatic hydroxyl groups excluding tert-OH is 1. The molecule has 0 radical (unpaired) electrons. The van der Waals surface area contributed by atoms with Crippen LogP contribution in [0.15, 0.2) is 24.3 Å². The molecule has 0 aliphatic carbocycles. The predicted molar refractivity (Wildman–Crippen MR) is 142 cm³/mol. The molecular formula is C29H32O17. The van der Waals surface area contributed by atoms with Gasteiger partial charge in [-0.05, 0) is 17.7 Å². The fraction of sp³-hybridized carbons (Fsp3) is 0.586. The molecule has 0 saturated carbocycles. The highest BCUT2D eigenvalue weighted by atomic mass is 16.8. The molecule has 1 aromatic rings. The fourth-order valence-electron chi connectivity index (χ4n) is 6.24. The van der Waals surface area contributed by atoms with Gasteiger partial charge in [-0.2, -0.15) is 0 Å². The number of rotatable bonds is 8. The summed E-state index contributed by atoms with van der Waals surface area (Å²) in [5, 5.41) is 21.2. The average Bonchev–Trinajstić information content (AvgIpc) is 3.57. The van der Waals surface area contributed by atoms with E-state index in [9.17, 15) is 39.0 Å². The predicted octanol–water partition coefficient (Wildman–Crippen LogP) is -0.726. The van der Waals surface area contributed by atoms with E-state index in [1.165, 1.54) is 24.3 Å². The Balaban J connectivity index is 1.63. The number of hydrogen-bond acceptors (Lipinski definition) is 17. The second kappa shape index (κ2) is 12.5. The lowest BCUT2D eigenvalue weighted by molar-refractivity contribution is -0.389. The summed E-state index contributed by atoms with van der Waals surface area (Å²) in [7, 11) is 0. The first-order valence-electron chi connectivity index (χ1n) is 14.2. The van der Waals surface area contributed by atoms with E-state index in [1.807, 2.05) is 0 Å². The Morgan fingerprint density at radius 2 is 1.54 bits per heavy atom. The number of aliphatic hydroxyl groups is 1. The third-order valence-corrected chi connectivity index (χ3v) is 7.94. The SMILES string of the molecule is CC(=O)OC[C@H]1O[C@@H](O[C@]23OC[C@H](OC(C)=O)[C@H]2OC(=O)[C@@]32OC(=O)C[C@@H]2c2ccc(O)cc2)[C@H](OC(C)=O)[C@@H](O)[C@@H]1OC(C)=O. The van der Waals surface area contributed by atoms with Gasteiger partial charge in [0.2, 0.25) is 6.29 Å². The van der Waals surface area contributed by atoms with E-state index < -0.39 is 109 Å². The van der Waals surface area contributed by atoms with Crippen molar-refractivity contribution in [3.63, 3.8) is 0 Å². The van der Waals surface area contributed by atoms with Gasteiger partial charge in [0.05, 0.1) is 18.9 Å². The lowest BCUT2D eigenvalue weighted by Gasteiger charge is -2.47. The quantitative estimate of drug-likeness (QED) is 0.261. The standard InChI is InChI=1S/C29H32O17/c1-12(30)38-10-19-23(41-14(3)32)22(36)24(42-15(4)33)26(43-19)46-29-25(20(11-39-29)40-13(2)31)44-27(37)28(29)18(9-21(35)45-28)16-5-7-17(34)8-6-16/h5-8,18-20,22-26,34,36H,9-11H2,1-4H3/t18-,19-,20+,22+,23-,24-,25-,26+,28-,29-/m1/s1. The number of fused-ring (bicyclic) bond motifs is 2. The minimum absolute atomic E-state index is 0.108. The van der Waals surface area contributed by atoms with E-state index in [0.717, 1.165) is 27.7 Å². The Labute approximate surface area is 260 Å². The minimum atomic E-state index is -2.47. The van der Waals surface area contributed by atoms with Gasteiger partial charge < -0.3 is 52.8 Å². The van der Waals surface area contributed by atoms with Crippen LogP contribution >= 0.6 is 0 Å². The lowest BCUT2D eigenvalue weighted by atomic mass is 9.75. The zero-order chi connectivity index (χ0) is 33.6. The zero-order valence-electron chi connectivity index (χ0n) is 25.1. The lowest BCUT2D eigenvalue weighted by Crippen LogP contribution is -2.68. The van der Waals surface area contributed by atoms with Crippen molar-refractivity contribution in [2.75, 3.05) is 13.2 Å². The molecule has 4 heterocycles. The van der Waals surface area contributed by atoms with E-state index in [2.05, 4.69) is 0 Å². The number of hydrogen-bond donors (Lipinski definition) is 2. The molecule has 46 heavy (non-hydrogen) atoms. The Hall–Kier alpha value is -4.32. The highest BCUT2D eigenvalue weighted by Crippen LogP contribution is 2.59. The van der Waals surface area contributed by atoms with Crippen molar-refractivity contribution in [1.82, 2.24) is 0 Å². The van der Waals surface area contributed by atoms with Gasteiger partial charge >= 0.3 is 35.8 Å². The fourth-order valence-corrected chi connectivity index (χ4v) is 6.24. The van der Waals surface area contributed by atoms with E-state index in [1.54, 1.807) is 0 Å². The van der Waals surface area contributed by atoms with Gasteiger partial charge in [0.15, 0.2) is 24.4 Å². The molecule has 5 rings (SSSR count). The molecule has 0 unspecified atom stereocenters. The van der Waals surface area contributed by atoms with Gasteiger partial charge in [0.25, 0.3) is 11.4 Å². The minimum Gasteiger partial charge on any atom is -0.508 e. The molecule has 4 saturated heterocycles. The van der Waals surface area contributed by atoms with Crippen LogP contribution in [0.4, 0.5) is 0 Å². The van der Waals surface area contributed by atoms with Gasteiger partial charge in [-0.3, -0.25) is 24.0 Å². The first kappa shape index (κ1) is 33.1. The van der Waals surface area contributed by atoms with E-state index >= 15 is 0 Å². The molecule has 4 aliphatic rings. The first-order chi connectivity index (χ1) is 21.7. The third-order valence-electron chi connectivity index (χ3n) is 7.94. The number of aromatic hydroxyl groups is 1. The first-order valence-corrected chi connectivity index (χ1v) is 14.2. The smallest absolute Gasteiger partial charge is 0.357 e. The van der Waals surface area contributed by atoms with Crippen molar-refractivity contribution in [2.45, 2.75) is 94.3 Å². The second-order valence-corrected chi connectivity index (χ2v) is 11.1. The molecule has 2 N–H and O–H groups in total. The molecule has 10 atom stereocenters. The van der Waals surface area contributed by atoms with Crippen molar-refractivity contribution in [3.05, 3.63) is 29.8 Å². The molecule has 1 spiro atoms. The van der Waals surface area contributed by atoms with Crippen LogP contribution in [0, 0.1) is 0 Å². The number of phenols is 1. The van der Waals surface area contributed by atoms with Crippen LogP contribution in [0.3, 0.4) is 0 Å². The van der Waals surface area contributed by atoms with Gasteiger partial charge in [-0.25, -0.2) is 4.79 Å². The number of esters is 6. The van der Waals surface area contributed by atoms with Crippen LogP contribution in [0.5, 0.6) is 5.75 Å². The number of phenolic OH excluding ortho intramolecular Hbond substituents is 1. The van der Waals surface area contributed by atoms with E-state index in [0.29, 0.717) is 5.56 Å². The molecule has 17 heteroatoms. The van der Waals surface area contributed by atoms with Gasteiger partial charge in [0, 0.05) is 27.7 Å². The number of carbonyl (C=O) groups excluding carboxylic acids is 6. The maximum Gasteiger partial charge on any atom is 0.357 e. The number of ether oxygens (including phenoxy) is 9. The van der Waals surface area contributed by atoms with E-state index in [-0.39, 0.29) is 12.2 Å². The van der Waals surface area contributed by atoms with Gasteiger partial charge in [-0.1, -0.05) is 12.1 Å². The van der Waals surface area contributed by atoms with Crippen LogP contribution in [0.25, 0.3) is 0 Å². The molecule has 17 nitrogen and oxygen atoms in total. The molecule has 250 valence electrons. The van der Waals surface area contributed by atoms with Crippen LogP contribution in [0.1, 0.15) is 45.6 Å². The van der Waals surface area contributed by atoms with Crippen LogP contribution in [-0.2, 0) is 71.4 Å². The zero-order valence-corrected chi connectivity index (χ0v) is 25.1. The summed E-state index contributed by atoms with van der Waals surface area (Å²) in [6.45, 7) is 3.27. The van der Waals surface area contributed by atoms with Crippen molar-refractivity contribution in [2.24, 2.45) is 0 Å². The highest BCUT2D eigenvalue weighted by molar-refractivity contribution is 5.93. The van der Waals surface area contributed by atoms with Crippen molar-refractivity contribution < 1.29 is 81.6 Å². The average molecular weight is 653 g/mol. The van der Waals surface area contributed by atoms with Gasteiger partial charge in [-0.15, -0.1) is 0 Å². The number of benzene rings is 1. The highest BCUT2D eigenvalue weighted by Gasteiger charge is 2.83. The van der Waals surface area contributed by atoms with Crippen molar-refractivity contribution in [3.8, 4) is 5.75 Å². The summed E-state index contributed by atoms with van der Waals surface area (Å²) in [4.78, 5) is 74.6. The summed E-state index contributed by atoms with van der Waals surface area (Å²) in [6, 6.07) is 5.52. The van der Waals surface area contributed by atoms with E-state index in [4.69, 9.17) is 42.6 Å². The molecule has 4 fully saturated rings. The molecule has 1 aromatic carbocycles. The molecule has 4 aliphatic heterocycles. The van der Waals surface area contributed by atoms with Crippen molar-refractivity contribution >= 4 is 35.8 Å². The second-order valence-electron chi connectivity index (χ2n) is 11.1. The Kier molecular flexibility index (Phi) is 8.96. The Morgan fingerprint density at radius 1 is 0.913 bits per heavy atom.